The fraction of sp³-hybridized carbons (Fsp3) is 0.542. The van der Waals surface area contributed by atoms with E-state index < -0.39 is 0 Å². The van der Waals surface area contributed by atoms with Gasteiger partial charge in [0, 0.05) is 37.2 Å². The van der Waals surface area contributed by atoms with Crippen LogP contribution in [-0.2, 0) is 11.3 Å². The molecule has 7 nitrogen and oxygen atoms in total. The van der Waals surface area contributed by atoms with Crippen molar-refractivity contribution in [3.05, 3.63) is 41.8 Å². The number of oxazole rings is 1. The summed E-state index contributed by atoms with van der Waals surface area (Å²) in [6.45, 7) is 6.89. The van der Waals surface area contributed by atoms with Crippen LogP contribution in [0.2, 0.25) is 0 Å². The van der Waals surface area contributed by atoms with Gasteiger partial charge in [-0.05, 0) is 45.2 Å². The first-order chi connectivity index (χ1) is 15.1. The van der Waals surface area contributed by atoms with E-state index in [2.05, 4.69) is 27.5 Å². The van der Waals surface area contributed by atoms with Crippen molar-refractivity contribution >= 4 is 11.9 Å². The lowest BCUT2D eigenvalue weighted by atomic mass is 10.1. The number of rotatable bonds is 6. The molecular formula is C24H33N5O2. The maximum absolute atomic E-state index is 12.7. The lowest BCUT2D eigenvalue weighted by molar-refractivity contribution is -0.134. The smallest absolute Gasteiger partial charge is 0.226 e. The highest BCUT2D eigenvalue weighted by Crippen LogP contribution is 2.28. The van der Waals surface area contributed by atoms with Crippen molar-refractivity contribution in [2.75, 3.05) is 19.6 Å². The lowest BCUT2D eigenvalue weighted by Gasteiger charge is -2.21. The molecule has 0 spiro atoms. The number of carbonyl (C=O) groups excluding carboxylic acids is 1. The molecule has 1 unspecified atom stereocenters. The minimum Gasteiger partial charge on any atom is -0.444 e. The number of carbonyl (C=O) groups is 1. The van der Waals surface area contributed by atoms with E-state index in [9.17, 15) is 4.79 Å². The minimum absolute atomic E-state index is 0.226. The number of nitrogens with zero attached hydrogens (tertiary/aromatic N) is 3. The van der Waals surface area contributed by atoms with E-state index in [1.54, 1.807) is 6.26 Å². The lowest BCUT2D eigenvalue weighted by Crippen LogP contribution is -2.45. The Morgan fingerprint density at radius 1 is 1.23 bits per heavy atom. The number of likely N-dealkylation sites (tertiary alicyclic amines) is 1. The van der Waals surface area contributed by atoms with Crippen LogP contribution >= 0.6 is 0 Å². The van der Waals surface area contributed by atoms with Crippen molar-refractivity contribution in [1.82, 2.24) is 20.5 Å². The minimum atomic E-state index is 0.226. The van der Waals surface area contributed by atoms with E-state index in [0.29, 0.717) is 18.3 Å². The Morgan fingerprint density at radius 3 is 2.74 bits per heavy atom. The summed E-state index contributed by atoms with van der Waals surface area (Å²) in [5.74, 6) is 1.95. The topological polar surface area (TPSA) is 82.8 Å². The van der Waals surface area contributed by atoms with E-state index in [1.165, 1.54) is 18.4 Å². The molecule has 2 heterocycles. The van der Waals surface area contributed by atoms with Crippen LogP contribution < -0.4 is 10.6 Å². The molecule has 0 bridgehead atoms. The first kappa shape index (κ1) is 21.4. The van der Waals surface area contributed by atoms with Gasteiger partial charge in [0.15, 0.2) is 5.96 Å². The molecule has 166 valence electrons. The van der Waals surface area contributed by atoms with Gasteiger partial charge in [0.2, 0.25) is 11.8 Å². The van der Waals surface area contributed by atoms with Crippen molar-refractivity contribution in [3.8, 4) is 11.5 Å². The summed E-state index contributed by atoms with van der Waals surface area (Å²) in [5.41, 5.74) is 2.96. The Bertz CT molecular complexity index is 899. The molecule has 2 N–H and O–H groups in total. The quantitative estimate of drug-likeness (QED) is 0.549. The third-order valence-electron chi connectivity index (χ3n) is 6.14. The maximum atomic E-state index is 12.7. The monoisotopic (exact) mass is 423 g/mol. The van der Waals surface area contributed by atoms with Gasteiger partial charge in [-0.2, -0.15) is 0 Å². The molecule has 1 aromatic heterocycles. The molecule has 1 aromatic carbocycles. The van der Waals surface area contributed by atoms with E-state index >= 15 is 0 Å². The Hall–Kier alpha value is -2.83. The fourth-order valence-electron chi connectivity index (χ4n) is 4.39. The molecule has 2 fully saturated rings. The van der Waals surface area contributed by atoms with Crippen LogP contribution in [0.5, 0.6) is 0 Å². The standard InChI is InChI=1S/C24H33N5O2/c1-3-25-24(28-20-12-13-29(15-20)23(30)19-6-4-5-7-19)26-14-21-16-31-22(27-21)18-10-8-17(2)9-11-18/h8-11,16,19-20H,3-7,12-15H2,1-2H3,(H2,25,26,28). The number of hydrogen-bond donors (Lipinski definition) is 2. The highest BCUT2D eigenvalue weighted by Gasteiger charge is 2.32. The Morgan fingerprint density at radius 2 is 2.00 bits per heavy atom. The molecule has 0 radical (unpaired) electrons. The molecule has 4 rings (SSSR count). The molecule has 1 atom stereocenters. The van der Waals surface area contributed by atoms with Gasteiger partial charge >= 0.3 is 0 Å². The number of hydrogen-bond acceptors (Lipinski definition) is 4. The number of aliphatic imine (C=N–C) groups is 1. The predicted octanol–water partition coefficient (Wildman–Crippen LogP) is 3.50. The number of amides is 1. The van der Waals surface area contributed by atoms with Gasteiger partial charge in [0.05, 0.1) is 6.54 Å². The van der Waals surface area contributed by atoms with Gasteiger partial charge in [-0.1, -0.05) is 30.5 Å². The molecule has 1 amide bonds. The van der Waals surface area contributed by atoms with Crippen LogP contribution in [0.15, 0.2) is 39.9 Å². The van der Waals surface area contributed by atoms with Crippen LogP contribution in [0.25, 0.3) is 11.5 Å². The largest absolute Gasteiger partial charge is 0.444 e. The van der Waals surface area contributed by atoms with Crippen LogP contribution in [0.3, 0.4) is 0 Å². The molecule has 1 aliphatic heterocycles. The van der Waals surface area contributed by atoms with Gasteiger partial charge in [0.1, 0.15) is 12.0 Å². The third kappa shape index (κ3) is 5.46. The molecule has 1 saturated heterocycles. The molecule has 31 heavy (non-hydrogen) atoms. The summed E-state index contributed by atoms with van der Waals surface area (Å²) in [6, 6.07) is 8.35. The Kier molecular flexibility index (Phi) is 6.89. The number of aryl methyl sites for hydroxylation is 1. The molecule has 2 aliphatic rings. The van der Waals surface area contributed by atoms with Crippen LogP contribution in [0, 0.1) is 12.8 Å². The average molecular weight is 424 g/mol. The highest BCUT2D eigenvalue weighted by atomic mass is 16.3. The second-order valence-corrected chi connectivity index (χ2v) is 8.60. The maximum Gasteiger partial charge on any atom is 0.226 e. The van der Waals surface area contributed by atoms with Crippen LogP contribution in [0.1, 0.15) is 50.3 Å². The summed E-state index contributed by atoms with van der Waals surface area (Å²) < 4.78 is 5.64. The summed E-state index contributed by atoms with van der Waals surface area (Å²) in [4.78, 5) is 24.0. The summed E-state index contributed by atoms with van der Waals surface area (Å²) in [6.07, 6.45) is 7.11. The summed E-state index contributed by atoms with van der Waals surface area (Å²) >= 11 is 0. The van der Waals surface area contributed by atoms with E-state index in [4.69, 9.17) is 4.42 Å². The normalized spacial score (nSPS) is 19.7. The van der Waals surface area contributed by atoms with Gasteiger partial charge in [0.25, 0.3) is 0 Å². The van der Waals surface area contributed by atoms with E-state index in [0.717, 1.165) is 56.1 Å². The number of guanidine groups is 1. The third-order valence-corrected chi connectivity index (χ3v) is 6.14. The molecular weight excluding hydrogens is 390 g/mol. The first-order valence-electron chi connectivity index (χ1n) is 11.5. The molecule has 7 heteroatoms. The van der Waals surface area contributed by atoms with Crippen molar-refractivity contribution < 1.29 is 9.21 Å². The van der Waals surface area contributed by atoms with Gasteiger partial charge in [-0.3, -0.25) is 4.79 Å². The van der Waals surface area contributed by atoms with Gasteiger partial charge in [-0.25, -0.2) is 9.98 Å². The average Bonchev–Trinajstić information content (AvgIpc) is 3.54. The van der Waals surface area contributed by atoms with Crippen molar-refractivity contribution in [2.24, 2.45) is 10.9 Å². The number of benzene rings is 1. The summed E-state index contributed by atoms with van der Waals surface area (Å²) in [5, 5.41) is 6.79. The number of aromatic nitrogens is 1. The van der Waals surface area contributed by atoms with Crippen molar-refractivity contribution in [1.29, 1.82) is 0 Å². The SMILES string of the molecule is CCNC(=NCc1coc(-c2ccc(C)cc2)n1)NC1CCN(C(=O)C2CCCC2)C1. The summed E-state index contributed by atoms with van der Waals surface area (Å²) in [7, 11) is 0. The van der Waals surface area contributed by atoms with Gasteiger partial charge < -0.3 is 20.0 Å². The van der Waals surface area contributed by atoms with E-state index in [-0.39, 0.29) is 12.0 Å². The van der Waals surface area contributed by atoms with Gasteiger partial charge in [-0.15, -0.1) is 0 Å². The van der Waals surface area contributed by atoms with Crippen molar-refractivity contribution in [2.45, 2.75) is 58.5 Å². The van der Waals surface area contributed by atoms with Crippen LogP contribution in [0.4, 0.5) is 0 Å². The number of nitrogens with one attached hydrogen (secondary N) is 2. The Balaban J connectivity index is 1.33. The zero-order valence-electron chi connectivity index (χ0n) is 18.6. The zero-order valence-corrected chi connectivity index (χ0v) is 18.6. The van der Waals surface area contributed by atoms with E-state index in [1.807, 2.05) is 36.1 Å². The van der Waals surface area contributed by atoms with Crippen molar-refractivity contribution in [3.63, 3.8) is 0 Å². The second-order valence-electron chi connectivity index (χ2n) is 8.60. The predicted molar refractivity (Wildman–Crippen MR) is 122 cm³/mol. The Labute approximate surface area is 184 Å². The molecule has 1 aliphatic carbocycles. The first-order valence-corrected chi connectivity index (χ1v) is 11.5. The molecule has 2 aromatic rings. The highest BCUT2D eigenvalue weighted by molar-refractivity contribution is 5.81. The second kappa shape index (κ2) is 9.98. The fourth-order valence-corrected chi connectivity index (χ4v) is 4.39. The zero-order chi connectivity index (χ0) is 21.6. The molecule has 1 saturated carbocycles. The van der Waals surface area contributed by atoms with Crippen LogP contribution in [-0.4, -0.2) is 47.4 Å².